The van der Waals surface area contributed by atoms with Crippen LogP contribution in [0.5, 0.6) is 0 Å². The SMILES string of the molecule is CCN(CCCBr)c1ncc(I)cn1. The first-order valence-corrected chi connectivity index (χ1v) is 6.76. The molecule has 78 valence electrons. The summed E-state index contributed by atoms with van der Waals surface area (Å²) in [6.45, 7) is 4.07. The van der Waals surface area contributed by atoms with Gasteiger partial charge in [0.25, 0.3) is 0 Å². The predicted octanol–water partition coefficient (Wildman–Crippen LogP) is 2.69. The van der Waals surface area contributed by atoms with Crippen molar-refractivity contribution in [3.05, 3.63) is 16.0 Å². The van der Waals surface area contributed by atoms with Crippen molar-refractivity contribution < 1.29 is 0 Å². The topological polar surface area (TPSA) is 29.0 Å². The van der Waals surface area contributed by atoms with Crippen LogP contribution in [0.25, 0.3) is 0 Å². The minimum Gasteiger partial charge on any atom is -0.341 e. The summed E-state index contributed by atoms with van der Waals surface area (Å²) in [7, 11) is 0. The third kappa shape index (κ3) is 3.68. The van der Waals surface area contributed by atoms with E-state index in [-0.39, 0.29) is 0 Å². The van der Waals surface area contributed by atoms with Gasteiger partial charge in [-0.3, -0.25) is 0 Å². The smallest absolute Gasteiger partial charge is 0.225 e. The molecule has 0 N–H and O–H groups in total. The van der Waals surface area contributed by atoms with Gasteiger partial charge in [-0.15, -0.1) is 0 Å². The third-order valence-corrected chi connectivity index (χ3v) is 2.95. The maximum Gasteiger partial charge on any atom is 0.225 e. The molecule has 5 heteroatoms. The Morgan fingerprint density at radius 1 is 1.43 bits per heavy atom. The van der Waals surface area contributed by atoms with Crippen molar-refractivity contribution >= 4 is 44.5 Å². The summed E-state index contributed by atoms with van der Waals surface area (Å²) in [4.78, 5) is 10.8. The van der Waals surface area contributed by atoms with Crippen LogP contribution < -0.4 is 4.90 Å². The van der Waals surface area contributed by atoms with Gasteiger partial charge in [0, 0.05) is 34.4 Å². The maximum absolute atomic E-state index is 4.29. The van der Waals surface area contributed by atoms with Crippen LogP contribution in [-0.2, 0) is 0 Å². The van der Waals surface area contributed by atoms with Crippen molar-refractivity contribution in [3.63, 3.8) is 0 Å². The van der Waals surface area contributed by atoms with E-state index in [0.717, 1.165) is 34.4 Å². The average Bonchev–Trinajstić information content (AvgIpc) is 2.21. The maximum atomic E-state index is 4.29. The molecule has 0 fully saturated rings. The highest BCUT2D eigenvalue weighted by molar-refractivity contribution is 14.1. The fourth-order valence-corrected chi connectivity index (χ4v) is 1.65. The molecule has 0 radical (unpaired) electrons. The van der Waals surface area contributed by atoms with E-state index in [1.165, 1.54) is 0 Å². The Hall–Kier alpha value is 0.0900. The lowest BCUT2D eigenvalue weighted by atomic mass is 10.4. The summed E-state index contributed by atoms with van der Waals surface area (Å²) in [6.07, 6.45) is 4.81. The molecule has 0 bridgehead atoms. The van der Waals surface area contributed by atoms with E-state index in [1.807, 2.05) is 12.4 Å². The lowest BCUT2D eigenvalue weighted by molar-refractivity contribution is 0.767. The molecule has 0 amide bonds. The highest BCUT2D eigenvalue weighted by Crippen LogP contribution is 2.08. The van der Waals surface area contributed by atoms with Gasteiger partial charge in [-0.1, -0.05) is 15.9 Å². The van der Waals surface area contributed by atoms with E-state index in [9.17, 15) is 0 Å². The molecule has 0 atom stereocenters. The number of halogens is 2. The second kappa shape index (κ2) is 6.55. The summed E-state index contributed by atoms with van der Waals surface area (Å²) in [5, 5.41) is 1.02. The van der Waals surface area contributed by atoms with Gasteiger partial charge in [0.15, 0.2) is 0 Å². The number of aromatic nitrogens is 2. The van der Waals surface area contributed by atoms with E-state index in [0.29, 0.717) is 0 Å². The number of rotatable bonds is 5. The van der Waals surface area contributed by atoms with Gasteiger partial charge in [0.1, 0.15) is 0 Å². The van der Waals surface area contributed by atoms with Crippen molar-refractivity contribution in [3.8, 4) is 0 Å². The van der Waals surface area contributed by atoms with Crippen LogP contribution in [-0.4, -0.2) is 28.4 Å². The van der Waals surface area contributed by atoms with Gasteiger partial charge in [-0.25, -0.2) is 9.97 Å². The first-order valence-electron chi connectivity index (χ1n) is 4.56. The third-order valence-electron chi connectivity index (χ3n) is 1.83. The van der Waals surface area contributed by atoms with Crippen molar-refractivity contribution in [2.75, 3.05) is 23.3 Å². The number of anilines is 1. The van der Waals surface area contributed by atoms with Crippen molar-refractivity contribution in [1.82, 2.24) is 9.97 Å². The number of hydrogen-bond donors (Lipinski definition) is 0. The second-order valence-corrected chi connectivity index (χ2v) is 4.86. The molecule has 0 aromatic carbocycles. The van der Waals surface area contributed by atoms with Crippen LogP contribution in [0.2, 0.25) is 0 Å². The molecule has 1 aromatic rings. The standard InChI is InChI=1S/C9H13BrIN3/c1-2-14(5-3-4-10)9-12-6-8(11)7-13-9/h6-7H,2-5H2,1H3. The highest BCUT2D eigenvalue weighted by Gasteiger charge is 2.05. The summed E-state index contributed by atoms with van der Waals surface area (Å²) in [5.41, 5.74) is 0. The summed E-state index contributed by atoms with van der Waals surface area (Å²) in [6, 6.07) is 0. The Kier molecular flexibility index (Phi) is 5.69. The van der Waals surface area contributed by atoms with Gasteiger partial charge in [0.05, 0.1) is 0 Å². The quantitative estimate of drug-likeness (QED) is 0.590. The van der Waals surface area contributed by atoms with Crippen LogP contribution in [0.3, 0.4) is 0 Å². The Balaban J connectivity index is 2.64. The molecule has 1 rings (SSSR count). The lowest BCUT2D eigenvalue weighted by Gasteiger charge is -2.19. The molecule has 0 saturated carbocycles. The summed E-state index contributed by atoms with van der Waals surface area (Å²) in [5.74, 6) is 0.828. The first kappa shape index (κ1) is 12.2. The van der Waals surface area contributed by atoms with Crippen molar-refractivity contribution in [1.29, 1.82) is 0 Å². The normalized spacial score (nSPS) is 10.2. The first-order chi connectivity index (χ1) is 6.77. The van der Waals surface area contributed by atoms with Gasteiger partial charge < -0.3 is 4.90 Å². The Bertz CT molecular complexity index is 265. The van der Waals surface area contributed by atoms with Gasteiger partial charge in [-0.2, -0.15) is 0 Å². The van der Waals surface area contributed by atoms with Crippen LogP contribution in [0.4, 0.5) is 5.95 Å². The van der Waals surface area contributed by atoms with Gasteiger partial charge in [0.2, 0.25) is 5.95 Å². The Morgan fingerprint density at radius 3 is 2.57 bits per heavy atom. The monoisotopic (exact) mass is 369 g/mol. The Morgan fingerprint density at radius 2 is 2.07 bits per heavy atom. The van der Waals surface area contributed by atoms with Crippen LogP contribution in [0.1, 0.15) is 13.3 Å². The minimum atomic E-state index is 0.828. The number of hydrogen-bond acceptors (Lipinski definition) is 3. The van der Waals surface area contributed by atoms with Crippen molar-refractivity contribution in [2.24, 2.45) is 0 Å². The fourth-order valence-electron chi connectivity index (χ4n) is 1.12. The van der Waals surface area contributed by atoms with E-state index in [1.54, 1.807) is 0 Å². The summed E-state index contributed by atoms with van der Waals surface area (Å²) >= 11 is 5.63. The average molecular weight is 370 g/mol. The largest absolute Gasteiger partial charge is 0.341 e. The van der Waals surface area contributed by atoms with Gasteiger partial charge >= 0.3 is 0 Å². The zero-order chi connectivity index (χ0) is 10.4. The van der Waals surface area contributed by atoms with Gasteiger partial charge in [-0.05, 0) is 35.9 Å². The molecule has 0 unspecified atom stereocenters. The van der Waals surface area contributed by atoms with Crippen molar-refractivity contribution in [2.45, 2.75) is 13.3 Å². The van der Waals surface area contributed by atoms with E-state index >= 15 is 0 Å². The zero-order valence-electron chi connectivity index (χ0n) is 8.08. The predicted molar refractivity (Wildman–Crippen MR) is 71.0 cm³/mol. The van der Waals surface area contributed by atoms with Crippen LogP contribution >= 0.6 is 38.5 Å². The van der Waals surface area contributed by atoms with E-state index < -0.39 is 0 Å². The zero-order valence-corrected chi connectivity index (χ0v) is 11.8. The van der Waals surface area contributed by atoms with E-state index in [2.05, 4.69) is 60.3 Å². The molecule has 1 aromatic heterocycles. The Labute approximate surface area is 107 Å². The molecule has 0 saturated heterocycles. The number of nitrogens with zero attached hydrogens (tertiary/aromatic N) is 3. The molecular weight excluding hydrogens is 357 g/mol. The van der Waals surface area contributed by atoms with E-state index in [4.69, 9.17) is 0 Å². The summed E-state index contributed by atoms with van der Waals surface area (Å²) < 4.78 is 1.07. The molecule has 0 aliphatic heterocycles. The lowest BCUT2D eigenvalue weighted by Crippen LogP contribution is -2.26. The molecule has 3 nitrogen and oxygen atoms in total. The molecule has 0 spiro atoms. The highest BCUT2D eigenvalue weighted by atomic mass is 127. The molecule has 0 aliphatic rings. The molecule has 1 heterocycles. The number of alkyl halides is 1. The van der Waals surface area contributed by atoms with Crippen LogP contribution in [0.15, 0.2) is 12.4 Å². The second-order valence-electron chi connectivity index (χ2n) is 2.82. The molecular formula is C9H13BrIN3. The molecule has 14 heavy (non-hydrogen) atoms. The van der Waals surface area contributed by atoms with Crippen LogP contribution in [0, 0.1) is 3.57 Å². The minimum absolute atomic E-state index is 0.828. The fraction of sp³-hybridized carbons (Fsp3) is 0.556. The molecule has 0 aliphatic carbocycles.